The van der Waals surface area contributed by atoms with Gasteiger partial charge < -0.3 is 4.74 Å². The van der Waals surface area contributed by atoms with Crippen LogP contribution in [0.25, 0.3) is 11.1 Å². The molecular weight excluding hydrogens is 289 g/mol. The van der Waals surface area contributed by atoms with E-state index in [1.807, 2.05) is 19.1 Å². The SMILES string of the molecule is COc1ccc(-c2cc(C)nc(F)c2)c(C2CCC(C)CC2)c1. The van der Waals surface area contributed by atoms with E-state index in [0.717, 1.165) is 22.8 Å². The summed E-state index contributed by atoms with van der Waals surface area (Å²) in [7, 11) is 1.69. The monoisotopic (exact) mass is 313 g/mol. The van der Waals surface area contributed by atoms with Gasteiger partial charge in [0.2, 0.25) is 5.95 Å². The Labute approximate surface area is 137 Å². The Hall–Kier alpha value is -1.90. The molecule has 0 amide bonds. The highest BCUT2D eigenvalue weighted by Gasteiger charge is 2.23. The number of hydrogen-bond acceptors (Lipinski definition) is 2. The normalized spacial score (nSPS) is 21.2. The third-order valence-corrected chi connectivity index (χ3v) is 4.95. The van der Waals surface area contributed by atoms with Gasteiger partial charge in [-0.05, 0) is 66.5 Å². The number of rotatable bonds is 3. The van der Waals surface area contributed by atoms with Gasteiger partial charge in [0.05, 0.1) is 7.11 Å². The third-order valence-electron chi connectivity index (χ3n) is 4.95. The smallest absolute Gasteiger partial charge is 0.213 e. The highest BCUT2D eigenvalue weighted by atomic mass is 19.1. The van der Waals surface area contributed by atoms with Gasteiger partial charge >= 0.3 is 0 Å². The average molecular weight is 313 g/mol. The summed E-state index contributed by atoms with van der Waals surface area (Å²) in [6.07, 6.45) is 4.89. The number of halogens is 1. The Morgan fingerprint density at radius 3 is 2.48 bits per heavy atom. The van der Waals surface area contributed by atoms with Gasteiger partial charge in [-0.15, -0.1) is 0 Å². The van der Waals surface area contributed by atoms with Crippen molar-refractivity contribution >= 4 is 0 Å². The molecule has 1 aromatic carbocycles. The molecule has 0 bridgehead atoms. The number of ether oxygens (including phenoxy) is 1. The van der Waals surface area contributed by atoms with E-state index >= 15 is 0 Å². The van der Waals surface area contributed by atoms with Gasteiger partial charge in [0.15, 0.2) is 0 Å². The van der Waals surface area contributed by atoms with Crippen molar-refractivity contribution in [3.8, 4) is 16.9 Å². The first kappa shape index (κ1) is 16.0. The molecule has 1 heterocycles. The molecule has 0 saturated heterocycles. The fourth-order valence-corrected chi connectivity index (χ4v) is 3.62. The molecule has 1 aliphatic rings. The van der Waals surface area contributed by atoms with Crippen LogP contribution in [0.15, 0.2) is 30.3 Å². The zero-order chi connectivity index (χ0) is 16.4. The van der Waals surface area contributed by atoms with Crippen LogP contribution in [-0.2, 0) is 0 Å². The Kier molecular flexibility index (Phi) is 4.65. The second-order valence-electron chi connectivity index (χ2n) is 6.73. The summed E-state index contributed by atoms with van der Waals surface area (Å²) in [6.45, 7) is 4.16. The van der Waals surface area contributed by atoms with Gasteiger partial charge in [-0.3, -0.25) is 0 Å². The van der Waals surface area contributed by atoms with Gasteiger partial charge in [-0.2, -0.15) is 4.39 Å². The predicted octanol–water partition coefficient (Wildman–Crippen LogP) is 5.50. The van der Waals surface area contributed by atoms with Crippen molar-refractivity contribution in [2.24, 2.45) is 5.92 Å². The minimum atomic E-state index is -0.418. The number of aromatic nitrogens is 1. The lowest BCUT2D eigenvalue weighted by Crippen LogP contribution is -2.12. The van der Waals surface area contributed by atoms with Gasteiger partial charge in [-0.1, -0.05) is 25.8 Å². The minimum Gasteiger partial charge on any atom is -0.497 e. The molecule has 0 spiro atoms. The van der Waals surface area contributed by atoms with E-state index in [4.69, 9.17) is 4.74 Å². The number of aryl methyl sites for hydroxylation is 1. The Morgan fingerprint density at radius 1 is 1.09 bits per heavy atom. The first-order chi connectivity index (χ1) is 11.1. The molecule has 3 heteroatoms. The fourth-order valence-electron chi connectivity index (χ4n) is 3.62. The number of hydrogen-bond donors (Lipinski definition) is 0. The Morgan fingerprint density at radius 2 is 1.83 bits per heavy atom. The minimum absolute atomic E-state index is 0.418. The second-order valence-corrected chi connectivity index (χ2v) is 6.73. The molecule has 1 fully saturated rings. The van der Waals surface area contributed by atoms with E-state index in [2.05, 4.69) is 24.0 Å². The van der Waals surface area contributed by atoms with Crippen molar-refractivity contribution < 1.29 is 9.13 Å². The molecule has 1 saturated carbocycles. The molecule has 122 valence electrons. The lowest BCUT2D eigenvalue weighted by molar-refractivity contribution is 0.347. The van der Waals surface area contributed by atoms with Crippen molar-refractivity contribution in [2.75, 3.05) is 7.11 Å². The molecule has 0 aliphatic heterocycles. The van der Waals surface area contributed by atoms with Crippen LogP contribution in [0.3, 0.4) is 0 Å². The van der Waals surface area contributed by atoms with E-state index in [0.29, 0.717) is 11.6 Å². The first-order valence-electron chi connectivity index (χ1n) is 8.39. The van der Waals surface area contributed by atoms with E-state index in [9.17, 15) is 4.39 Å². The zero-order valence-corrected chi connectivity index (χ0v) is 14.1. The quantitative estimate of drug-likeness (QED) is 0.698. The largest absolute Gasteiger partial charge is 0.497 e. The van der Waals surface area contributed by atoms with Gasteiger partial charge in [-0.25, -0.2) is 4.98 Å². The summed E-state index contributed by atoms with van der Waals surface area (Å²) in [4.78, 5) is 3.85. The molecule has 0 atom stereocenters. The van der Waals surface area contributed by atoms with Gasteiger partial charge in [0.1, 0.15) is 5.75 Å². The summed E-state index contributed by atoms with van der Waals surface area (Å²) in [6, 6.07) is 9.63. The molecule has 3 rings (SSSR count). The molecule has 23 heavy (non-hydrogen) atoms. The van der Waals surface area contributed by atoms with E-state index in [-0.39, 0.29) is 0 Å². The summed E-state index contributed by atoms with van der Waals surface area (Å²) in [5, 5.41) is 0. The molecule has 2 aromatic rings. The Bertz CT molecular complexity index is 670. The van der Waals surface area contributed by atoms with E-state index in [1.54, 1.807) is 7.11 Å². The van der Waals surface area contributed by atoms with Gasteiger partial charge in [0, 0.05) is 11.8 Å². The average Bonchev–Trinajstić information content (AvgIpc) is 2.54. The van der Waals surface area contributed by atoms with Crippen molar-refractivity contribution in [1.29, 1.82) is 0 Å². The second kappa shape index (κ2) is 6.69. The van der Waals surface area contributed by atoms with Crippen molar-refractivity contribution in [3.63, 3.8) is 0 Å². The topological polar surface area (TPSA) is 22.1 Å². The lowest BCUT2D eigenvalue weighted by atomic mass is 9.77. The Balaban J connectivity index is 2.05. The van der Waals surface area contributed by atoms with Gasteiger partial charge in [0.25, 0.3) is 0 Å². The van der Waals surface area contributed by atoms with Crippen molar-refractivity contribution in [3.05, 3.63) is 47.5 Å². The first-order valence-corrected chi connectivity index (χ1v) is 8.39. The summed E-state index contributed by atoms with van der Waals surface area (Å²) in [5.74, 6) is 1.78. The number of benzene rings is 1. The lowest BCUT2D eigenvalue weighted by Gasteiger charge is -2.28. The van der Waals surface area contributed by atoms with Crippen LogP contribution in [-0.4, -0.2) is 12.1 Å². The predicted molar refractivity (Wildman–Crippen MR) is 91.3 cm³/mol. The summed E-state index contributed by atoms with van der Waals surface area (Å²) < 4.78 is 19.2. The van der Waals surface area contributed by atoms with Crippen LogP contribution in [0.1, 0.15) is 49.8 Å². The highest BCUT2D eigenvalue weighted by molar-refractivity contribution is 5.69. The maximum absolute atomic E-state index is 13.7. The molecule has 0 N–H and O–H groups in total. The third kappa shape index (κ3) is 3.54. The molecular formula is C20H24FNO. The van der Waals surface area contributed by atoms with Crippen LogP contribution in [0, 0.1) is 18.8 Å². The molecule has 0 radical (unpaired) electrons. The number of nitrogens with zero attached hydrogens (tertiary/aromatic N) is 1. The standard InChI is InChI=1S/C20H24FNO/c1-13-4-6-15(7-5-13)19-12-17(23-3)8-9-18(19)16-10-14(2)22-20(21)11-16/h8-13,15H,4-7H2,1-3H3. The number of pyridine rings is 1. The van der Waals surface area contributed by atoms with Crippen LogP contribution < -0.4 is 4.74 Å². The van der Waals surface area contributed by atoms with Crippen LogP contribution in [0.5, 0.6) is 5.75 Å². The van der Waals surface area contributed by atoms with Crippen LogP contribution >= 0.6 is 0 Å². The molecule has 1 aliphatic carbocycles. The van der Waals surface area contributed by atoms with E-state index < -0.39 is 5.95 Å². The molecule has 0 unspecified atom stereocenters. The summed E-state index contributed by atoms with van der Waals surface area (Å²) in [5.41, 5.74) is 4.00. The van der Waals surface area contributed by atoms with Crippen molar-refractivity contribution in [1.82, 2.24) is 4.98 Å². The maximum atomic E-state index is 13.7. The van der Waals surface area contributed by atoms with Crippen LogP contribution in [0.2, 0.25) is 0 Å². The number of methoxy groups -OCH3 is 1. The molecule has 1 aromatic heterocycles. The van der Waals surface area contributed by atoms with E-state index in [1.165, 1.54) is 37.3 Å². The zero-order valence-electron chi connectivity index (χ0n) is 14.1. The highest BCUT2D eigenvalue weighted by Crippen LogP contribution is 2.41. The fraction of sp³-hybridized carbons (Fsp3) is 0.450. The van der Waals surface area contributed by atoms with Crippen LogP contribution in [0.4, 0.5) is 4.39 Å². The molecule has 2 nitrogen and oxygen atoms in total. The van der Waals surface area contributed by atoms with Crippen molar-refractivity contribution in [2.45, 2.75) is 45.4 Å². The maximum Gasteiger partial charge on any atom is 0.213 e. The summed E-state index contributed by atoms with van der Waals surface area (Å²) >= 11 is 0.